The lowest BCUT2D eigenvalue weighted by Gasteiger charge is -2.41. The number of nitrogens with one attached hydrogen (secondary N) is 1. The zero-order valence-corrected chi connectivity index (χ0v) is 16.1. The number of hydrogen-bond acceptors (Lipinski definition) is 5. The minimum Gasteiger partial charge on any atom is -0.356 e. The molecule has 2 aromatic rings. The molecule has 0 spiro atoms. The molecule has 1 N–H and O–H groups in total. The van der Waals surface area contributed by atoms with Crippen molar-refractivity contribution in [1.82, 2.24) is 15.3 Å². The van der Waals surface area contributed by atoms with Gasteiger partial charge in [0.15, 0.2) is 0 Å². The number of anilines is 1. The average Bonchev–Trinajstić information content (AvgIpc) is 2.88. The number of carbonyl (C=O) groups excluding carboxylic acids is 1. The SMILES string of the molecule is Cc1sc2ncnc(N3CCC(C(=O)NC4(C)CCC4)CC3)c2c1C. The first-order valence-corrected chi connectivity index (χ1v) is 10.1. The van der Waals surface area contributed by atoms with E-state index in [1.54, 1.807) is 17.7 Å². The molecule has 2 aromatic heterocycles. The quantitative estimate of drug-likeness (QED) is 0.911. The fourth-order valence-corrected chi connectivity index (χ4v) is 4.98. The monoisotopic (exact) mass is 358 g/mol. The van der Waals surface area contributed by atoms with Gasteiger partial charge >= 0.3 is 0 Å². The molecule has 0 radical (unpaired) electrons. The summed E-state index contributed by atoms with van der Waals surface area (Å²) < 4.78 is 0. The first kappa shape index (κ1) is 16.8. The number of hydrogen-bond donors (Lipinski definition) is 1. The van der Waals surface area contributed by atoms with E-state index in [4.69, 9.17) is 0 Å². The normalized spacial score (nSPS) is 20.5. The Bertz CT molecular complexity index is 803. The number of piperidine rings is 1. The van der Waals surface area contributed by atoms with Crippen molar-refractivity contribution < 1.29 is 4.79 Å². The van der Waals surface area contributed by atoms with Crippen molar-refractivity contribution in [2.75, 3.05) is 18.0 Å². The van der Waals surface area contributed by atoms with Crippen LogP contribution in [0.4, 0.5) is 5.82 Å². The minimum atomic E-state index is 0.0539. The van der Waals surface area contributed by atoms with E-state index in [1.807, 2.05) is 0 Å². The fraction of sp³-hybridized carbons (Fsp3) is 0.632. The Morgan fingerprint density at radius 1 is 1.28 bits per heavy atom. The van der Waals surface area contributed by atoms with Gasteiger partial charge in [-0.25, -0.2) is 9.97 Å². The van der Waals surface area contributed by atoms with Crippen LogP contribution in [0.5, 0.6) is 0 Å². The molecule has 0 aromatic carbocycles. The Labute approximate surface area is 152 Å². The molecule has 134 valence electrons. The second kappa shape index (κ2) is 6.24. The lowest BCUT2D eigenvalue weighted by Crippen LogP contribution is -2.53. The van der Waals surface area contributed by atoms with Gasteiger partial charge in [0.2, 0.25) is 5.91 Å². The Morgan fingerprint density at radius 3 is 2.64 bits per heavy atom. The van der Waals surface area contributed by atoms with Gasteiger partial charge in [-0.2, -0.15) is 0 Å². The highest BCUT2D eigenvalue weighted by Gasteiger charge is 2.36. The van der Waals surface area contributed by atoms with Gasteiger partial charge in [0.1, 0.15) is 17.0 Å². The average molecular weight is 359 g/mol. The largest absolute Gasteiger partial charge is 0.356 e. The van der Waals surface area contributed by atoms with Crippen LogP contribution >= 0.6 is 11.3 Å². The molecule has 6 heteroatoms. The molecule has 4 rings (SSSR count). The molecule has 3 heterocycles. The third kappa shape index (κ3) is 3.01. The van der Waals surface area contributed by atoms with E-state index < -0.39 is 0 Å². The van der Waals surface area contributed by atoms with E-state index in [2.05, 4.69) is 41.0 Å². The Hall–Kier alpha value is -1.69. The van der Waals surface area contributed by atoms with Gasteiger partial charge in [-0.3, -0.25) is 4.79 Å². The van der Waals surface area contributed by atoms with Crippen molar-refractivity contribution >= 4 is 33.3 Å². The molecule has 2 aliphatic rings. The van der Waals surface area contributed by atoms with Crippen LogP contribution in [-0.4, -0.2) is 34.5 Å². The molecular formula is C19H26N4OS. The number of carbonyl (C=O) groups is 1. The summed E-state index contributed by atoms with van der Waals surface area (Å²) in [7, 11) is 0. The predicted octanol–water partition coefficient (Wildman–Crippen LogP) is 3.58. The summed E-state index contributed by atoms with van der Waals surface area (Å²) in [6, 6.07) is 0. The molecule has 0 unspecified atom stereocenters. The van der Waals surface area contributed by atoms with Crippen molar-refractivity contribution in [2.24, 2.45) is 5.92 Å². The second-order valence-electron chi connectivity index (χ2n) is 7.83. The molecule has 1 aliphatic heterocycles. The van der Waals surface area contributed by atoms with Crippen molar-refractivity contribution in [1.29, 1.82) is 0 Å². The maximum atomic E-state index is 12.6. The second-order valence-corrected chi connectivity index (χ2v) is 9.03. The van der Waals surface area contributed by atoms with Crippen molar-refractivity contribution in [2.45, 2.75) is 58.4 Å². The highest BCUT2D eigenvalue weighted by atomic mass is 32.1. The van der Waals surface area contributed by atoms with Gasteiger partial charge < -0.3 is 10.2 Å². The van der Waals surface area contributed by atoms with Gasteiger partial charge in [-0.15, -0.1) is 11.3 Å². The van der Waals surface area contributed by atoms with Crippen LogP contribution in [-0.2, 0) is 4.79 Å². The minimum absolute atomic E-state index is 0.0539. The van der Waals surface area contributed by atoms with Crippen LogP contribution in [0.25, 0.3) is 10.2 Å². The van der Waals surface area contributed by atoms with Gasteiger partial charge in [0, 0.05) is 29.4 Å². The van der Waals surface area contributed by atoms with Crippen LogP contribution in [0.2, 0.25) is 0 Å². The molecule has 0 bridgehead atoms. The fourth-order valence-electron chi connectivity index (χ4n) is 3.99. The molecule has 0 atom stereocenters. The van der Waals surface area contributed by atoms with E-state index >= 15 is 0 Å². The molecule has 1 amide bonds. The van der Waals surface area contributed by atoms with Gasteiger partial charge in [0.05, 0.1) is 5.39 Å². The van der Waals surface area contributed by atoms with E-state index in [0.29, 0.717) is 0 Å². The van der Waals surface area contributed by atoms with Crippen LogP contribution < -0.4 is 10.2 Å². The van der Waals surface area contributed by atoms with E-state index in [-0.39, 0.29) is 17.4 Å². The first-order chi connectivity index (χ1) is 12.0. The van der Waals surface area contributed by atoms with Crippen LogP contribution in [0.3, 0.4) is 0 Å². The molecule has 1 saturated carbocycles. The molecular weight excluding hydrogens is 332 g/mol. The predicted molar refractivity (Wildman–Crippen MR) is 102 cm³/mol. The summed E-state index contributed by atoms with van der Waals surface area (Å²) in [5.41, 5.74) is 1.34. The lowest BCUT2D eigenvalue weighted by molar-refractivity contribution is -0.128. The number of aromatic nitrogens is 2. The molecule has 1 aliphatic carbocycles. The number of aryl methyl sites for hydroxylation is 2. The molecule has 1 saturated heterocycles. The van der Waals surface area contributed by atoms with Gasteiger partial charge in [-0.05, 0) is 58.4 Å². The number of thiophene rings is 1. The third-order valence-electron chi connectivity index (χ3n) is 5.99. The molecule has 2 fully saturated rings. The summed E-state index contributed by atoms with van der Waals surface area (Å²) in [4.78, 5) is 26.3. The zero-order chi connectivity index (χ0) is 17.6. The summed E-state index contributed by atoms with van der Waals surface area (Å²) in [6.45, 7) is 8.23. The number of rotatable bonds is 3. The Kier molecular flexibility index (Phi) is 4.18. The van der Waals surface area contributed by atoms with Gasteiger partial charge in [-0.1, -0.05) is 0 Å². The lowest BCUT2D eigenvalue weighted by atomic mass is 9.78. The van der Waals surface area contributed by atoms with E-state index in [9.17, 15) is 4.79 Å². The van der Waals surface area contributed by atoms with Crippen LogP contribution in [0.15, 0.2) is 6.33 Å². The van der Waals surface area contributed by atoms with Gasteiger partial charge in [0.25, 0.3) is 0 Å². The maximum Gasteiger partial charge on any atom is 0.223 e. The molecule has 5 nitrogen and oxygen atoms in total. The van der Waals surface area contributed by atoms with Crippen LogP contribution in [0, 0.1) is 19.8 Å². The number of amides is 1. The smallest absolute Gasteiger partial charge is 0.223 e. The zero-order valence-electron chi connectivity index (χ0n) is 15.3. The van der Waals surface area contributed by atoms with Crippen molar-refractivity contribution in [3.63, 3.8) is 0 Å². The summed E-state index contributed by atoms with van der Waals surface area (Å²) in [5, 5.41) is 4.47. The summed E-state index contributed by atoms with van der Waals surface area (Å²) >= 11 is 1.74. The Morgan fingerprint density at radius 2 is 2.00 bits per heavy atom. The first-order valence-electron chi connectivity index (χ1n) is 9.24. The topological polar surface area (TPSA) is 58.1 Å². The number of nitrogens with zero attached hydrogens (tertiary/aromatic N) is 3. The highest BCUT2D eigenvalue weighted by Crippen LogP contribution is 2.36. The standard InChI is InChI=1S/C19H26N4OS/c1-12-13(2)25-18-15(12)16(20-11-21-18)23-9-5-14(6-10-23)17(24)22-19(3)7-4-8-19/h11,14H,4-10H2,1-3H3,(H,22,24). The van der Waals surface area contributed by atoms with E-state index in [0.717, 1.165) is 49.4 Å². The van der Waals surface area contributed by atoms with Crippen LogP contribution in [0.1, 0.15) is 49.5 Å². The maximum absolute atomic E-state index is 12.6. The van der Waals surface area contributed by atoms with Crippen molar-refractivity contribution in [3.05, 3.63) is 16.8 Å². The highest BCUT2D eigenvalue weighted by molar-refractivity contribution is 7.18. The van der Waals surface area contributed by atoms with E-state index in [1.165, 1.54) is 22.2 Å². The molecule has 25 heavy (non-hydrogen) atoms. The Balaban J connectivity index is 1.46. The number of fused-ring (bicyclic) bond motifs is 1. The third-order valence-corrected chi connectivity index (χ3v) is 7.11. The summed E-state index contributed by atoms with van der Waals surface area (Å²) in [6.07, 6.45) is 6.94. The van der Waals surface area contributed by atoms with Crippen molar-refractivity contribution in [3.8, 4) is 0 Å². The summed E-state index contributed by atoms with van der Waals surface area (Å²) in [5.74, 6) is 1.42.